The number of aliphatic hydroxyl groups excluding tert-OH is 1. The summed E-state index contributed by atoms with van der Waals surface area (Å²) in [5, 5.41) is 9.06. The Hall–Kier alpha value is -0.130. The molecule has 0 rings (SSSR count). The molecule has 0 aromatic carbocycles. The van der Waals surface area contributed by atoms with Crippen molar-refractivity contribution in [3.05, 3.63) is 0 Å². The largest absolute Gasteiger partial charge is 0.392 e. The first-order chi connectivity index (χ1) is 11.4. The molecule has 0 aromatic heterocycles. The average molecular weight is 365 g/mol. The predicted molar refractivity (Wildman–Crippen MR) is 102 cm³/mol. The molecular weight excluding hydrogens is 324 g/mol. The third-order valence-corrected chi connectivity index (χ3v) is 6.07. The molecule has 0 spiro atoms. The number of hydrogen-bond donors (Lipinski definition) is 2. The Morgan fingerprint density at radius 1 is 0.667 bits per heavy atom. The van der Waals surface area contributed by atoms with E-state index in [-0.39, 0.29) is 0 Å². The van der Waals surface area contributed by atoms with Crippen molar-refractivity contribution in [3.63, 3.8) is 0 Å². The quantitative estimate of drug-likeness (QED) is 0.264. The Kier molecular flexibility index (Phi) is 15.1. The third kappa shape index (κ3) is 13.2. The van der Waals surface area contributed by atoms with E-state index in [1.54, 1.807) is 0 Å². The molecule has 2 unspecified atom stereocenters. The maximum atomic E-state index is 11.4. The van der Waals surface area contributed by atoms with E-state index in [1.807, 2.05) is 6.92 Å². The van der Waals surface area contributed by atoms with Crippen LogP contribution in [0.3, 0.4) is 0 Å². The van der Waals surface area contributed by atoms with Gasteiger partial charge >= 0.3 is 0 Å². The van der Waals surface area contributed by atoms with Gasteiger partial charge in [0.15, 0.2) is 0 Å². The first-order valence-corrected chi connectivity index (χ1v) is 11.6. The number of rotatable bonds is 17. The second-order valence-electron chi connectivity index (χ2n) is 7.09. The molecule has 0 aliphatic heterocycles. The van der Waals surface area contributed by atoms with Crippen LogP contribution in [0.15, 0.2) is 0 Å². The van der Waals surface area contributed by atoms with Crippen LogP contribution < -0.4 is 0 Å². The van der Waals surface area contributed by atoms with E-state index in [4.69, 9.17) is 0 Å². The van der Waals surface area contributed by atoms with Gasteiger partial charge in [0.05, 0.1) is 6.10 Å². The monoisotopic (exact) mass is 364 g/mol. The highest BCUT2D eigenvalue weighted by Crippen LogP contribution is 2.19. The van der Waals surface area contributed by atoms with Crippen LogP contribution in [0, 0.1) is 0 Å². The van der Waals surface area contributed by atoms with Gasteiger partial charge in [0, 0.05) is 0 Å². The highest BCUT2D eigenvalue weighted by Gasteiger charge is 2.29. The maximum Gasteiger partial charge on any atom is 0.270 e. The fourth-order valence-electron chi connectivity index (χ4n) is 3.15. The molecule has 24 heavy (non-hydrogen) atoms. The first kappa shape index (κ1) is 23.9. The molecule has 0 bridgehead atoms. The van der Waals surface area contributed by atoms with Crippen molar-refractivity contribution < 1.29 is 18.1 Å². The molecule has 2 atom stereocenters. The van der Waals surface area contributed by atoms with Crippen LogP contribution in [0.2, 0.25) is 0 Å². The standard InChI is InChI=1S/C19H40O4S/c1-3-5-7-8-9-10-11-12-13-14-15-16-18(20)19(17-6-4-2)24(21,22)23/h18-20H,3-17H2,1-2H3,(H,21,22,23). The summed E-state index contributed by atoms with van der Waals surface area (Å²) in [4.78, 5) is 0. The molecule has 0 amide bonds. The van der Waals surface area contributed by atoms with Gasteiger partial charge in [-0.3, -0.25) is 4.55 Å². The highest BCUT2D eigenvalue weighted by molar-refractivity contribution is 7.86. The SMILES string of the molecule is CCCCCCCCCCCCCC(O)C(CCCC)S(=O)(=O)O. The van der Waals surface area contributed by atoms with E-state index in [2.05, 4.69) is 6.92 Å². The lowest BCUT2D eigenvalue weighted by Gasteiger charge is -2.20. The Balaban J connectivity index is 3.67. The molecule has 146 valence electrons. The third-order valence-electron chi connectivity index (χ3n) is 4.76. The van der Waals surface area contributed by atoms with Crippen LogP contribution in [0.25, 0.3) is 0 Å². The van der Waals surface area contributed by atoms with Crippen LogP contribution in [-0.4, -0.2) is 29.4 Å². The van der Waals surface area contributed by atoms with Gasteiger partial charge < -0.3 is 5.11 Å². The van der Waals surface area contributed by atoms with Crippen molar-refractivity contribution in [3.8, 4) is 0 Å². The summed E-state index contributed by atoms with van der Waals surface area (Å²) >= 11 is 0. The highest BCUT2D eigenvalue weighted by atomic mass is 32.2. The molecule has 4 nitrogen and oxygen atoms in total. The lowest BCUT2D eigenvalue weighted by molar-refractivity contribution is 0.146. The molecule has 0 radical (unpaired) electrons. The van der Waals surface area contributed by atoms with Gasteiger partial charge in [0.2, 0.25) is 0 Å². The minimum absolute atomic E-state index is 0.342. The van der Waals surface area contributed by atoms with Crippen LogP contribution in [0.5, 0.6) is 0 Å². The van der Waals surface area contributed by atoms with Crippen molar-refractivity contribution in [1.82, 2.24) is 0 Å². The smallest absolute Gasteiger partial charge is 0.270 e. The molecule has 0 aliphatic rings. The second-order valence-corrected chi connectivity index (χ2v) is 8.72. The zero-order chi connectivity index (χ0) is 18.3. The molecular formula is C19H40O4S. The molecule has 0 aromatic rings. The predicted octanol–water partition coefficient (Wildman–Crippen LogP) is 5.50. The van der Waals surface area contributed by atoms with Gasteiger partial charge in [-0.05, 0) is 12.8 Å². The Morgan fingerprint density at radius 2 is 1.08 bits per heavy atom. The first-order valence-electron chi connectivity index (χ1n) is 10.1. The summed E-state index contributed by atoms with van der Waals surface area (Å²) in [6.45, 7) is 4.20. The fourth-order valence-corrected chi connectivity index (χ4v) is 4.15. The normalized spacial score (nSPS) is 14.7. The van der Waals surface area contributed by atoms with Crippen LogP contribution in [0.1, 0.15) is 110 Å². The molecule has 0 saturated heterocycles. The zero-order valence-corrected chi connectivity index (χ0v) is 16.7. The Labute approximate surface area is 150 Å². The summed E-state index contributed by atoms with van der Waals surface area (Å²) in [5.74, 6) is 0. The van der Waals surface area contributed by atoms with E-state index in [1.165, 1.54) is 51.4 Å². The van der Waals surface area contributed by atoms with Crippen molar-refractivity contribution in [1.29, 1.82) is 0 Å². The van der Waals surface area contributed by atoms with Crippen LogP contribution >= 0.6 is 0 Å². The summed E-state index contributed by atoms with van der Waals surface area (Å²) in [5.41, 5.74) is 0. The minimum atomic E-state index is -4.15. The van der Waals surface area contributed by atoms with Crippen molar-refractivity contribution in [2.24, 2.45) is 0 Å². The van der Waals surface area contributed by atoms with Crippen molar-refractivity contribution in [2.45, 2.75) is 122 Å². The van der Waals surface area contributed by atoms with E-state index >= 15 is 0 Å². The van der Waals surface area contributed by atoms with Crippen LogP contribution in [0.4, 0.5) is 0 Å². The van der Waals surface area contributed by atoms with E-state index < -0.39 is 21.5 Å². The second kappa shape index (κ2) is 15.2. The molecule has 0 fully saturated rings. The van der Waals surface area contributed by atoms with E-state index in [0.717, 1.165) is 25.7 Å². The Morgan fingerprint density at radius 3 is 1.50 bits per heavy atom. The lowest BCUT2D eigenvalue weighted by atomic mass is 10.0. The van der Waals surface area contributed by atoms with Crippen molar-refractivity contribution >= 4 is 10.1 Å². The lowest BCUT2D eigenvalue weighted by Crippen LogP contribution is -2.33. The van der Waals surface area contributed by atoms with Gasteiger partial charge in [-0.1, -0.05) is 97.3 Å². The number of hydrogen-bond acceptors (Lipinski definition) is 3. The Bertz CT molecular complexity index is 368. The average Bonchev–Trinajstić information content (AvgIpc) is 2.51. The van der Waals surface area contributed by atoms with E-state index in [9.17, 15) is 18.1 Å². The van der Waals surface area contributed by atoms with Crippen LogP contribution in [-0.2, 0) is 10.1 Å². The van der Waals surface area contributed by atoms with Gasteiger partial charge in [-0.25, -0.2) is 0 Å². The zero-order valence-electron chi connectivity index (χ0n) is 15.9. The summed E-state index contributed by atoms with van der Waals surface area (Å²) in [6.07, 6.45) is 15.0. The van der Waals surface area contributed by atoms with Gasteiger partial charge in [0.1, 0.15) is 5.25 Å². The molecule has 0 aliphatic carbocycles. The molecule has 2 N–H and O–H groups in total. The summed E-state index contributed by atoms with van der Waals surface area (Å²) < 4.78 is 32.0. The van der Waals surface area contributed by atoms with E-state index in [0.29, 0.717) is 19.3 Å². The fraction of sp³-hybridized carbons (Fsp3) is 1.00. The van der Waals surface area contributed by atoms with Crippen molar-refractivity contribution in [2.75, 3.05) is 0 Å². The van der Waals surface area contributed by atoms with Gasteiger partial charge in [-0.2, -0.15) is 8.42 Å². The molecule has 5 heteroatoms. The minimum Gasteiger partial charge on any atom is -0.392 e. The summed E-state index contributed by atoms with van der Waals surface area (Å²) in [7, 11) is -4.15. The topological polar surface area (TPSA) is 74.6 Å². The number of unbranched alkanes of at least 4 members (excludes halogenated alkanes) is 11. The maximum absolute atomic E-state index is 11.4. The number of aliphatic hydroxyl groups is 1. The van der Waals surface area contributed by atoms with Gasteiger partial charge in [0.25, 0.3) is 10.1 Å². The summed E-state index contributed by atoms with van der Waals surface area (Å²) in [6, 6.07) is 0. The molecule has 0 saturated carbocycles. The van der Waals surface area contributed by atoms with Gasteiger partial charge in [-0.15, -0.1) is 0 Å². The molecule has 0 heterocycles.